The monoisotopic (exact) mass is 561 g/mol. The Morgan fingerprint density at radius 1 is 0.875 bits per heavy atom. The van der Waals surface area contributed by atoms with Crippen molar-refractivity contribution in [1.29, 1.82) is 0 Å². The van der Waals surface area contributed by atoms with Crippen LogP contribution in [0, 0.1) is 0 Å². The molecule has 0 unspecified atom stereocenters. The molecule has 10 heteroatoms. The van der Waals surface area contributed by atoms with Crippen molar-refractivity contribution in [3.63, 3.8) is 0 Å². The second-order valence-corrected chi connectivity index (χ2v) is 11.9. The van der Waals surface area contributed by atoms with Crippen LogP contribution in [-0.2, 0) is 16.4 Å². The highest BCUT2D eigenvalue weighted by atomic mass is 32.2. The van der Waals surface area contributed by atoms with E-state index in [1.807, 2.05) is 30.3 Å². The molecule has 0 spiro atoms. The lowest BCUT2D eigenvalue weighted by Crippen LogP contribution is -2.46. The van der Waals surface area contributed by atoms with Gasteiger partial charge >= 0.3 is 0 Å². The highest BCUT2D eigenvalue weighted by Gasteiger charge is 2.36. The number of benzene rings is 3. The van der Waals surface area contributed by atoms with Gasteiger partial charge in [0.25, 0.3) is 11.8 Å². The molecule has 0 aromatic heterocycles. The molecule has 2 N–H and O–H groups in total. The molecule has 2 aliphatic heterocycles. The van der Waals surface area contributed by atoms with Crippen molar-refractivity contribution in [1.82, 2.24) is 20.5 Å². The average molecular weight is 562 g/mol. The van der Waals surface area contributed by atoms with E-state index >= 15 is 0 Å². The van der Waals surface area contributed by atoms with Gasteiger partial charge in [-0.3, -0.25) is 9.59 Å². The molecule has 1 fully saturated rings. The summed E-state index contributed by atoms with van der Waals surface area (Å²) in [4.78, 5) is 31.5. The largest absolute Gasteiger partial charge is 0.352 e. The maximum atomic E-state index is 13.7. The number of piperazine rings is 1. The first-order chi connectivity index (χ1) is 19.4. The molecule has 0 atom stereocenters. The first kappa shape index (κ1) is 28.0. The SMILES string of the molecule is CCN1CCN(CCCNC(=O)c2ccc3c(c2)N(NCc2ccccc2)C(=O)c2ccccc2S3(=O)=O)CC1. The third kappa shape index (κ3) is 5.95. The molecule has 5 rings (SSSR count). The van der Waals surface area contributed by atoms with Crippen molar-refractivity contribution < 1.29 is 18.0 Å². The molecule has 1 saturated heterocycles. The third-order valence-corrected chi connectivity index (χ3v) is 9.35. The smallest absolute Gasteiger partial charge is 0.274 e. The number of amides is 2. The number of anilines is 1. The molecule has 2 amide bonds. The number of hydrogen-bond donors (Lipinski definition) is 2. The minimum absolute atomic E-state index is 0.0332. The molecule has 2 heterocycles. The Kier molecular flexibility index (Phi) is 8.60. The first-order valence-electron chi connectivity index (χ1n) is 13.7. The van der Waals surface area contributed by atoms with E-state index in [1.54, 1.807) is 12.1 Å². The van der Waals surface area contributed by atoms with Crippen molar-refractivity contribution in [3.8, 4) is 0 Å². The number of carbonyl (C=O) groups is 2. The van der Waals surface area contributed by atoms with Gasteiger partial charge in [0.05, 0.1) is 21.0 Å². The molecule has 40 heavy (non-hydrogen) atoms. The molecule has 0 bridgehead atoms. The van der Waals surface area contributed by atoms with Crippen molar-refractivity contribution >= 4 is 27.3 Å². The lowest BCUT2D eigenvalue weighted by Gasteiger charge is -2.33. The Hall–Kier alpha value is -3.57. The lowest BCUT2D eigenvalue weighted by molar-refractivity contribution is 0.0943. The van der Waals surface area contributed by atoms with Crippen molar-refractivity contribution in [2.75, 3.05) is 50.8 Å². The zero-order valence-corrected chi connectivity index (χ0v) is 23.5. The number of sulfone groups is 1. The predicted molar refractivity (Wildman–Crippen MR) is 154 cm³/mol. The van der Waals surface area contributed by atoms with Crippen LogP contribution in [0.1, 0.15) is 39.6 Å². The number of fused-ring (bicyclic) bond motifs is 2. The van der Waals surface area contributed by atoms with Gasteiger partial charge in [-0.2, -0.15) is 0 Å². The molecule has 0 aliphatic carbocycles. The molecule has 0 radical (unpaired) electrons. The van der Waals surface area contributed by atoms with Crippen molar-refractivity contribution in [3.05, 3.63) is 89.5 Å². The normalized spacial score (nSPS) is 17.1. The number of rotatable bonds is 9. The van der Waals surface area contributed by atoms with Crippen LogP contribution in [-0.4, -0.2) is 75.8 Å². The van der Waals surface area contributed by atoms with Crippen LogP contribution >= 0.6 is 0 Å². The second-order valence-electron chi connectivity index (χ2n) is 10.0. The fourth-order valence-electron chi connectivity index (χ4n) is 5.15. The van der Waals surface area contributed by atoms with Gasteiger partial charge in [-0.25, -0.2) is 18.9 Å². The Balaban J connectivity index is 1.35. The predicted octanol–water partition coefficient (Wildman–Crippen LogP) is 2.94. The van der Waals surface area contributed by atoms with E-state index in [-0.39, 0.29) is 39.1 Å². The van der Waals surface area contributed by atoms with Crippen LogP contribution in [0.5, 0.6) is 0 Å². The van der Waals surface area contributed by atoms with Gasteiger partial charge in [0.15, 0.2) is 0 Å². The second kappa shape index (κ2) is 12.3. The van der Waals surface area contributed by atoms with Crippen LogP contribution in [0.15, 0.2) is 82.6 Å². The maximum absolute atomic E-state index is 13.7. The molecule has 9 nitrogen and oxygen atoms in total. The molecular formula is C30H35N5O4S. The summed E-state index contributed by atoms with van der Waals surface area (Å²) in [7, 11) is -4.01. The summed E-state index contributed by atoms with van der Waals surface area (Å²) >= 11 is 0. The van der Waals surface area contributed by atoms with Gasteiger partial charge in [0.2, 0.25) is 9.84 Å². The zero-order valence-electron chi connectivity index (χ0n) is 22.7. The number of carbonyl (C=O) groups excluding carboxylic acids is 2. The summed E-state index contributed by atoms with van der Waals surface area (Å²) in [5, 5.41) is 4.20. The number of likely N-dealkylation sites (N-methyl/N-ethyl adjacent to an activating group) is 1. The number of nitrogens with one attached hydrogen (secondary N) is 2. The topological polar surface area (TPSA) is 102 Å². The van der Waals surface area contributed by atoms with E-state index in [1.165, 1.54) is 35.3 Å². The number of nitrogens with zero attached hydrogens (tertiary/aromatic N) is 3. The number of hydrogen-bond acceptors (Lipinski definition) is 7. The van der Waals surface area contributed by atoms with Gasteiger partial charge < -0.3 is 15.1 Å². The summed E-state index contributed by atoms with van der Waals surface area (Å²) < 4.78 is 27.3. The van der Waals surface area contributed by atoms with Crippen molar-refractivity contribution in [2.45, 2.75) is 29.7 Å². The quantitative estimate of drug-likeness (QED) is 0.388. The molecule has 0 saturated carbocycles. The lowest BCUT2D eigenvalue weighted by atomic mass is 10.1. The summed E-state index contributed by atoms with van der Waals surface area (Å²) in [5.74, 6) is -0.817. The summed E-state index contributed by atoms with van der Waals surface area (Å²) in [6, 6.07) is 20.1. The van der Waals surface area contributed by atoms with Crippen LogP contribution < -0.4 is 15.8 Å². The van der Waals surface area contributed by atoms with Gasteiger partial charge in [0.1, 0.15) is 0 Å². The molecule has 210 valence electrons. The van der Waals surface area contributed by atoms with Gasteiger partial charge in [-0.1, -0.05) is 49.4 Å². The molecular weight excluding hydrogens is 526 g/mol. The van der Waals surface area contributed by atoms with E-state index in [2.05, 4.69) is 27.5 Å². The van der Waals surface area contributed by atoms with E-state index in [0.29, 0.717) is 6.54 Å². The Morgan fingerprint density at radius 3 is 2.33 bits per heavy atom. The molecule has 3 aromatic carbocycles. The molecule has 3 aromatic rings. The fraction of sp³-hybridized carbons (Fsp3) is 0.333. The van der Waals surface area contributed by atoms with E-state index < -0.39 is 15.7 Å². The van der Waals surface area contributed by atoms with Crippen LogP contribution in [0.3, 0.4) is 0 Å². The maximum Gasteiger partial charge on any atom is 0.274 e. The highest BCUT2D eigenvalue weighted by molar-refractivity contribution is 7.91. The van der Waals surface area contributed by atoms with E-state index in [0.717, 1.165) is 51.3 Å². The number of hydrazine groups is 1. The average Bonchev–Trinajstić information content (AvgIpc) is 3.06. The Labute approximate surface area is 235 Å². The summed E-state index contributed by atoms with van der Waals surface area (Å²) in [5.41, 5.74) is 4.51. The van der Waals surface area contributed by atoms with Gasteiger partial charge in [0, 0.05) is 44.8 Å². The first-order valence-corrected chi connectivity index (χ1v) is 15.2. The Bertz CT molecular complexity index is 1470. The van der Waals surface area contributed by atoms with Crippen LogP contribution in [0.25, 0.3) is 0 Å². The minimum Gasteiger partial charge on any atom is -0.352 e. The molecule has 2 aliphatic rings. The van der Waals surface area contributed by atoms with Crippen molar-refractivity contribution in [2.24, 2.45) is 0 Å². The third-order valence-electron chi connectivity index (χ3n) is 7.49. The zero-order chi connectivity index (χ0) is 28.1. The van der Waals surface area contributed by atoms with Crippen LogP contribution in [0.4, 0.5) is 5.69 Å². The van der Waals surface area contributed by atoms with Crippen LogP contribution in [0.2, 0.25) is 0 Å². The van der Waals surface area contributed by atoms with Gasteiger partial charge in [-0.05, 0) is 55.4 Å². The summed E-state index contributed by atoms with van der Waals surface area (Å²) in [6.45, 7) is 9.15. The van der Waals surface area contributed by atoms with Gasteiger partial charge in [-0.15, -0.1) is 0 Å². The fourth-order valence-corrected chi connectivity index (χ4v) is 6.76. The summed E-state index contributed by atoms with van der Waals surface area (Å²) in [6.07, 6.45) is 0.815. The highest BCUT2D eigenvalue weighted by Crippen LogP contribution is 2.36. The standard InChI is InChI=1S/C30H35N5O4S/c1-2-33-17-19-34(20-18-33)16-8-15-31-29(36)24-13-14-28-26(21-24)35(32-22-23-9-4-3-5-10-23)30(37)25-11-6-7-12-27(25)40(28,38)39/h3-7,9-14,21,32H,2,8,15-20,22H2,1H3,(H,31,36). The van der Waals surface area contributed by atoms with E-state index in [4.69, 9.17) is 0 Å². The Morgan fingerprint density at radius 2 is 1.57 bits per heavy atom. The van der Waals surface area contributed by atoms with E-state index in [9.17, 15) is 18.0 Å². The minimum atomic E-state index is -4.01.